The number of hydrogen-bond donors (Lipinski definition) is 0. The van der Waals surface area contributed by atoms with Crippen LogP contribution in [0.25, 0.3) is 72.1 Å². The number of rotatable bonds is 10. The molecule has 0 spiro atoms. The molecule has 13 aromatic rings. The molecule has 4 heterocycles. The van der Waals surface area contributed by atoms with E-state index in [9.17, 15) is 0 Å². The Morgan fingerprint density at radius 3 is 1.60 bits per heavy atom. The third kappa shape index (κ3) is 10.3. The Bertz CT molecular complexity index is 5000. The van der Waals surface area contributed by atoms with Gasteiger partial charge in [-0.05, 0) is 141 Å². The third-order valence-electron chi connectivity index (χ3n) is 19.8. The van der Waals surface area contributed by atoms with Crippen LogP contribution < -0.4 is 35.3 Å². The van der Waals surface area contributed by atoms with Gasteiger partial charge in [0.25, 0.3) is 0 Å². The van der Waals surface area contributed by atoms with E-state index in [0.717, 1.165) is 56.4 Å². The maximum absolute atomic E-state index is 7.26. The fourth-order valence-corrected chi connectivity index (χ4v) is 20.4. The zero-order valence-corrected chi connectivity index (χ0v) is 57.3. The third-order valence-corrected chi connectivity index (χ3v) is 24.7. The fraction of sp³-hybridized carbons (Fsp3) is 0.193. The molecule has 0 N–H and O–H groups in total. The van der Waals surface area contributed by atoms with Gasteiger partial charge in [-0.3, -0.25) is 4.57 Å². The van der Waals surface area contributed by atoms with Crippen molar-refractivity contribution in [3.8, 4) is 61.8 Å². The molecule has 2 aliphatic rings. The Labute approximate surface area is 556 Å². The second kappa shape index (κ2) is 22.6. The van der Waals surface area contributed by atoms with E-state index >= 15 is 0 Å². The van der Waals surface area contributed by atoms with Crippen LogP contribution in [-0.4, -0.2) is 24.3 Å². The van der Waals surface area contributed by atoms with E-state index in [2.05, 4.69) is 365 Å². The Kier molecular flexibility index (Phi) is 14.5. The number of hydrogen-bond acceptors (Lipinski definition) is 4. The van der Waals surface area contributed by atoms with Crippen molar-refractivity contribution in [3.63, 3.8) is 0 Å². The number of anilines is 4. The molecule has 0 atom stereocenters. The lowest BCUT2D eigenvalue weighted by Gasteiger charge is -2.32. The van der Waals surface area contributed by atoms with Gasteiger partial charge in [-0.2, -0.15) is 0 Å². The molecule has 2 aromatic heterocycles. The molecule has 0 bridgehead atoms. The molecular weight excluding hydrogens is 1160 g/mol. The van der Waals surface area contributed by atoms with Crippen molar-refractivity contribution in [2.75, 3.05) is 16.5 Å². The van der Waals surface area contributed by atoms with E-state index in [-0.39, 0.29) is 21.7 Å². The van der Waals surface area contributed by atoms with Crippen molar-refractivity contribution in [1.29, 1.82) is 0 Å². The summed E-state index contributed by atoms with van der Waals surface area (Å²) in [6, 6.07) is 97.4. The van der Waals surface area contributed by atoms with Gasteiger partial charge in [-0.25, -0.2) is 4.98 Å². The van der Waals surface area contributed by atoms with Crippen molar-refractivity contribution in [2.45, 2.75) is 105 Å². The van der Waals surface area contributed by atoms with Crippen molar-refractivity contribution >= 4 is 73.4 Å². The molecule has 0 fully saturated rings. The molecule has 0 saturated heterocycles. The Hall–Kier alpha value is -10.0. The summed E-state index contributed by atoms with van der Waals surface area (Å²) in [4.78, 5) is 10.5. The minimum absolute atomic E-state index is 0.00860. The molecule has 6 heteroatoms. The van der Waals surface area contributed by atoms with Gasteiger partial charge < -0.3 is 14.5 Å². The van der Waals surface area contributed by atoms with Gasteiger partial charge >= 0.3 is 0 Å². The molecule has 5 nitrogen and oxygen atoms in total. The molecule has 0 amide bonds. The summed E-state index contributed by atoms with van der Waals surface area (Å²) < 4.78 is 9.68. The van der Waals surface area contributed by atoms with Crippen molar-refractivity contribution in [1.82, 2.24) is 9.55 Å². The van der Waals surface area contributed by atoms with Crippen LogP contribution in [0.15, 0.2) is 267 Å². The van der Waals surface area contributed by atoms with Crippen molar-refractivity contribution < 1.29 is 4.74 Å². The SMILES string of the molecule is CC(C)(C)c1cccc(-c2cnc(-n3c4cc(Oc5cccc(N6CN(c7c(-c8ccccc8)cccc7-c7cc(C(C)(C)C)cc(C(C)(C)C)c7)c7ccccc76)c5)ccc4c4c5c(ccc43)-c3ccccc3[Si]5(c3ccccc3)c3ccccc3)cc2C(C)(C)C)c1. The maximum Gasteiger partial charge on any atom is 0.181 e. The quantitative estimate of drug-likeness (QED) is 0.128. The first kappa shape index (κ1) is 60.2. The lowest BCUT2D eigenvalue weighted by Crippen LogP contribution is -2.72. The minimum atomic E-state index is -2.99. The highest BCUT2D eigenvalue weighted by molar-refractivity contribution is 7.23. The van der Waals surface area contributed by atoms with E-state index in [0.29, 0.717) is 6.67 Å². The highest BCUT2D eigenvalue weighted by Gasteiger charge is 2.50. The number of para-hydroxylation sites is 3. The standard InChI is InChI=1S/C88H82N4OSi/c1-85(2,3)61-32-26-31-59(49-61)74-56-89-81(55-75(74)88(10,11)12)92-78-48-47-72-71-39-22-25-44-80(71)94(67-35-18-14-19-36-67,68-37-20-15-21-38-68)84(72)82(78)73-46-45-66(54-79(73)92)93-65-34-27-33-64(53-65)90-57-91(77-43-24-23-42-76(77)90)83-69(58-29-16-13-17-30-58)40-28-41-70(83)60-50-62(86(4,5)6)52-63(51-60)87(7,8)9/h13-56H,57H2,1-12H3. The monoisotopic (exact) mass is 1240 g/mol. The smallest absolute Gasteiger partial charge is 0.181 e. The van der Waals surface area contributed by atoms with Gasteiger partial charge in [0.05, 0.1) is 28.1 Å². The second-order valence-corrected chi connectivity index (χ2v) is 33.7. The van der Waals surface area contributed by atoms with Crippen LogP contribution >= 0.6 is 0 Å². The number of benzene rings is 11. The average Bonchev–Trinajstić information content (AvgIpc) is 1.51. The predicted molar refractivity (Wildman–Crippen MR) is 401 cm³/mol. The first-order valence-electron chi connectivity index (χ1n) is 33.4. The van der Waals surface area contributed by atoms with E-state index in [1.165, 1.54) is 93.0 Å². The van der Waals surface area contributed by atoms with Crippen LogP contribution in [0.2, 0.25) is 0 Å². The van der Waals surface area contributed by atoms with Crippen LogP contribution in [0.5, 0.6) is 11.5 Å². The minimum Gasteiger partial charge on any atom is -0.457 e. The number of fused-ring (bicyclic) bond motifs is 8. The molecule has 15 rings (SSSR count). The Morgan fingerprint density at radius 1 is 0.383 bits per heavy atom. The molecule has 11 aromatic carbocycles. The van der Waals surface area contributed by atoms with Gasteiger partial charge in [0, 0.05) is 51.5 Å². The fourth-order valence-electron chi connectivity index (χ4n) is 14.9. The molecule has 0 unspecified atom stereocenters. The Balaban J connectivity index is 0.892. The predicted octanol–water partition coefficient (Wildman–Crippen LogP) is 20.8. The molecule has 464 valence electrons. The first-order valence-corrected chi connectivity index (χ1v) is 35.4. The van der Waals surface area contributed by atoms with Crippen molar-refractivity contribution in [3.05, 3.63) is 289 Å². The second-order valence-electron chi connectivity index (χ2n) is 30.0. The van der Waals surface area contributed by atoms with Gasteiger partial charge in [0.15, 0.2) is 8.07 Å². The largest absolute Gasteiger partial charge is 0.457 e. The van der Waals surface area contributed by atoms with Crippen LogP contribution in [0.4, 0.5) is 22.7 Å². The first-order chi connectivity index (χ1) is 45.1. The molecule has 2 aliphatic heterocycles. The summed E-state index contributed by atoms with van der Waals surface area (Å²) in [6.07, 6.45) is 2.13. The molecule has 0 radical (unpaired) electrons. The highest BCUT2D eigenvalue weighted by Crippen LogP contribution is 2.52. The maximum atomic E-state index is 7.26. The van der Waals surface area contributed by atoms with Gasteiger partial charge in [-0.1, -0.05) is 283 Å². The lowest BCUT2D eigenvalue weighted by molar-refractivity contribution is 0.483. The van der Waals surface area contributed by atoms with E-state index < -0.39 is 8.07 Å². The van der Waals surface area contributed by atoms with Crippen molar-refractivity contribution in [2.24, 2.45) is 0 Å². The van der Waals surface area contributed by atoms with Gasteiger partial charge in [-0.15, -0.1) is 0 Å². The summed E-state index contributed by atoms with van der Waals surface area (Å²) in [7, 11) is -2.99. The van der Waals surface area contributed by atoms with E-state index in [1.54, 1.807) is 0 Å². The molecule has 0 aliphatic carbocycles. The molecular formula is C88H82N4OSi. The van der Waals surface area contributed by atoms with E-state index in [4.69, 9.17) is 9.72 Å². The number of nitrogens with zero attached hydrogens (tertiary/aromatic N) is 4. The summed E-state index contributed by atoms with van der Waals surface area (Å²) in [5.41, 5.74) is 21.2. The highest BCUT2D eigenvalue weighted by atomic mass is 28.3. The molecule has 94 heavy (non-hydrogen) atoms. The lowest BCUT2D eigenvalue weighted by atomic mass is 9.78. The van der Waals surface area contributed by atoms with Gasteiger partial charge in [0.1, 0.15) is 24.0 Å². The zero-order valence-electron chi connectivity index (χ0n) is 56.3. The van der Waals surface area contributed by atoms with Crippen LogP contribution in [0.3, 0.4) is 0 Å². The number of ether oxygens (including phenoxy) is 1. The van der Waals surface area contributed by atoms with Crippen LogP contribution in [0.1, 0.15) is 105 Å². The summed E-state index contributed by atoms with van der Waals surface area (Å²) >= 11 is 0. The van der Waals surface area contributed by atoms with Gasteiger partial charge in [0.2, 0.25) is 0 Å². The average molecular weight is 1240 g/mol. The number of aromatic nitrogens is 2. The van der Waals surface area contributed by atoms with E-state index in [1.807, 2.05) is 0 Å². The summed E-state index contributed by atoms with van der Waals surface area (Å²) in [5.74, 6) is 2.36. The summed E-state index contributed by atoms with van der Waals surface area (Å²) in [6.45, 7) is 28.4. The topological polar surface area (TPSA) is 33.5 Å². The van der Waals surface area contributed by atoms with Crippen LogP contribution in [0, 0.1) is 0 Å². The normalized spacial score (nSPS) is 13.7. The zero-order chi connectivity index (χ0) is 65.1. The Morgan fingerprint density at radius 2 is 0.936 bits per heavy atom. The van der Waals surface area contributed by atoms with Crippen LogP contribution in [-0.2, 0) is 21.7 Å². The number of pyridine rings is 1. The summed E-state index contributed by atoms with van der Waals surface area (Å²) in [5, 5.41) is 7.96. The molecule has 0 saturated carbocycles.